The highest BCUT2D eigenvalue weighted by Crippen LogP contribution is 2.34. The molecule has 1 fully saturated rings. The van der Waals surface area contributed by atoms with E-state index in [1.165, 1.54) is 36.8 Å². The van der Waals surface area contributed by atoms with Crippen molar-refractivity contribution in [2.24, 2.45) is 11.8 Å². The van der Waals surface area contributed by atoms with Crippen molar-refractivity contribution in [2.75, 3.05) is 0 Å². The Kier molecular flexibility index (Phi) is 4.57. The van der Waals surface area contributed by atoms with Gasteiger partial charge in [0.25, 0.3) is 0 Å². The van der Waals surface area contributed by atoms with Gasteiger partial charge in [-0.25, -0.2) is 0 Å². The molecule has 1 aromatic carbocycles. The maximum Gasteiger partial charge on any atom is 0.0213 e. The third kappa shape index (κ3) is 4.14. The van der Waals surface area contributed by atoms with Crippen LogP contribution >= 0.6 is 0 Å². The Balaban J connectivity index is 1.76. The summed E-state index contributed by atoms with van der Waals surface area (Å²) in [5, 5.41) is 0. The zero-order valence-electron chi connectivity index (χ0n) is 10.8. The van der Waals surface area contributed by atoms with Crippen LogP contribution in [-0.2, 0) is 6.42 Å². The van der Waals surface area contributed by atoms with E-state index in [4.69, 9.17) is 5.84 Å². The van der Waals surface area contributed by atoms with Gasteiger partial charge in [-0.2, -0.15) is 0 Å². The van der Waals surface area contributed by atoms with Crippen LogP contribution in [0.1, 0.15) is 43.2 Å². The molecule has 1 unspecified atom stereocenters. The van der Waals surface area contributed by atoms with Crippen LogP contribution in [0.3, 0.4) is 0 Å². The fraction of sp³-hybridized carbons (Fsp3) is 0.600. The summed E-state index contributed by atoms with van der Waals surface area (Å²) in [6.07, 6.45) is 7.74. The molecule has 94 valence electrons. The lowest BCUT2D eigenvalue weighted by Crippen LogP contribution is -2.35. The third-order valence-electron chi connectivity index (χ3n) is 3.88. The molecule has 0 aromatic heterocycles. The molecule has 0 bridgehead atoms. The quantitative estimate of drug-likeness (QED) is 0.560. The Morgan fingerprint density at radius 3 is 2.71 bits per heavy atom. The molecular formula is C15H24N2. The van der Waals surface area contributed by atoms with Crippen molar-refractivity contribution in [2.45, 2.75) is 51.5 Å². The van der Waals surface area contributed by atoms with E-state index in [0.29, 0.717) is 6.04 Å². The molecule has 0 heterocycles. The van der Waals surface area contributed by atoms with Crippen molar-refractivity contribution in [3.8, 4) is 0 Å². The highest BCUT2D eigenvalue weighted by molar-refractivity contribution is 5.25. The molecule has 2 rings (SSSR count). The summed E-state index contributed by atoms with van der Waals surface area (Å²) in [7, 11) is 0. The average molecular weight is 232 g/mol. The van der Waals surface area contributed by atoms with E-state index in [2.05, 4.69) is 36.6 Å². The van der Waals surface area contributed by atoms with Gasteiger partial charge in [-0.1, -0.05) is 37.1 Å². The minimum Gasteiger partial charge on any atom is -0.271 e. The standard InChI is InChI=1S/C15H24N2/c1-12-4-2-3-5-14(12)9-11-15(17-16)10-8-13-6-7-13/h2-5,13,15,17H,6-11,16H2,1H3. The number of rotatable bonds is 7. The minimum atomic E-state index is 0.482. The first-order valence-corrected chi connectivity index (χ1v) is 6.80. The normalized spacial score (nSPS) is 17.1. The topological polar surface area (TPSA) is 38.0 Å². The molecule has 0 spiro atoms. The van der Waals surface area contributed by atoms with Crippen molar-refractivity contribution in [1.29, 1.82) is 0 Å². The molecule has 17 heavy (non-hydrogen) atoms. The van der Waals surface area contributed by atoms with Crippen LogP contribution in [0, 0.1) is 12.8 Å². The van der Waals surface area contributed by atoms with E-state index in [9.17, 15) is 0 Å². The number of hydrazine groups is 1. The zero-order chi connectivity index (χ0) is 12.1. The molecule has 1 aromatic rings. The van der Waals surface area contributed by atoms with Crippen LogP contribution in [0.2, 0.25) is 0 Å². The smallest absolute Gasteiger partial charge is 0.0213 e. The Morgan fingerprint density at radius 2 is 2.06 bits per heavy atom. The number of nitrogens with two attached hydrogens (primary N) is 1. The van der Waals surface area contributed by atoms with Gasteiger partial charge in [-0.3, -0.25) is 11.3 Å². The van der Waals surface area contributed by atoms with E-state index >= 15 is 0 Å². The number of hydrogen-bond donors (Lipinski definition) is 2. The van der Waals surface area contributed by atoms with E-state index in [1.54, 1.807) is 0 Å². The number of hydrogen-bond acceptors (Lipinski definition) is 2. The molecule has 0 aliphatic heterocycles. The summed E-state index contributed by atoms with van der Waals surface area (Å²) in [5.74, 6) is 6.64. The molecule has 0 saturated heterocycles. The first-order chi connectivity index (χ1) is 8.29. The van der Waals surface area contributed by atoms with Crippen molar-refractivity contribution >= 4 is 0 Å². The van der Waals surface area contributed by atoms with Crippen LogP contribution in [0.4, 0.5) is 0 Å². The second-order valence-electron chi connectivity index (χ2n) is 5.35. The van der Waals surface area contributed by atoms with Gasteiger partial charge in [-0.05, 0) is 49.7 Å². The lowest BCUT2D eigenvalue weighted by atomic mass is 9.98. The van der Waals surface area contributed by atoms with Crippen LogP contribution in [0.5, 0.6) is 0 Å². The first kappa shape index (κ1) is 12.6. The molecule has 0 radical (unpaired) electrons. The van der Waals surface area contributed by atoms with Gasteiger partial charge in [0.2, 0.25) is 0 Å². The number of aryl methyl sites for hydroxylation is 2. The summed E-state index contributed by atoms with van der Waals surface area (Å²) in [4.78, 5) is 0. The molecule has 3 N–H and O–H groups in total. The van der Waals surface area contributed by atoms with Crippen LogP contribution in [0.15, 0.2) is 24.3 Å². The van der Waals surface area contributed by atoms with Crippen LogP contribution < -0.4 is 11.3 Å². The summed E-state index contributed by atoms with van der Waals surface area (Å²) in [6.45, 7) is 2.18. The van der Waals surface area contributed by atoms with E-state index in [1.807, 2.05) is 0 Å². The Bertz CT molecular complexity index is 345. The largest absolute Gasteiger partial charge is 0.271 e. The second-order valence-corrected chi connectivity index (χ2v) is 5.35. The second kappa shape index (κ2) is 6.18. The van der Waals surface area contributed by atoms with Gasteiger partial charge < -0.3 is 0 Å². The highest BCUT2D eigenvalue weighted by Gasteiger charge is 2.22. The average Bonchev–Trinajstić information content (AvgIpc) is 3.15. The van der Waals surface area contributed by atoms with Gasteiger partial charge >= 0.3 is 0 Å². The van der Waals surface area contributed by atoms with Crippen molar-refractivity contribution < 1.29 is 0 Å². The lowest BCUT2D eigenvalue weighted by molar-refractivity contribution is 0.439. The predicted molar refractivity (Wildman–Crippen MR) is 72.6 cm³/mol. The highest BCUT2D eigenvalue weighted by atomic mass is 15.2. The Morgan fingerprint density at radius 1 is 1.29 bits per heavy atom. The van der Waals surface area contributed by atoms with Crippen LogP contribution in [-0.4, -0.2) is 6.04 Å². The maximum atomic E-state index is 5.63. The van der Waals surface area contributed by atoms with Crippen LogP contribution in [0.25, 0.3) is 0 Å². The number of nitrogens with one attached hydrogen (secondary N) is 1. The fourth-order valence-electron chi connectivity index (χ4n) is 2.37. The summed E-state index contributed by atoms with van der Waals surface area (Å²) >= 11 is 0. The van der Waals surface area contributed by atoms with Crippen molar-refractivity contribution in [1.82, 2.24) is 5.43 Å². The number of benzene rings is 1. The summed E-state index contributed by atoms with van der Waals surface area (Å²) < 4.78 is 0. The van der Waals surface area contributed by atoms with Gasteiger partial charge in [0.1, 0.15) is 0 Å². The third-order valence-corrected chi connectivity index (χ3v) is 3.88. The van der Waals surface area contributed by atoms with Crippen molar-refractivity contribution in [3.63, 3.8) is 0 Å². The molecule has 2 heteroatoms. The van der Waals surface area contributed by atoms with Gasteiger partial charge in [0.05, 0.1) is 0 Å². The zero-order valence-corrected chi connectivity index (χ0v) is 10.8. The summed E-state index contributed by atoms with van der Waals surface area (Å²) in [6, 6.07) is 9.12. The van der Waals surface area contributed by atoms with E-state index in [0.717, 1.165) is 18.8 Å². The van der Waals surface area contributed by atoms with Crippen molar-refractivity contribution in [3.05, 3.63) is 35.4 Å². The maximum absolute atomic E-state index is 5.63. The van der Waals surface area contributed by atoms with Gasteiger partial charge in [0.15, 0.2) is 0 Å². The fourth-order valence-corrected chi connectivity index (χ4v) is 2.37. The first-order valence-electron chi connectivity index (χ1n) is 6.80. The molecule has 1 aliphatic rings. The lowest BCUT2D eigenvalue weighted by Gasteiger charge is -2.16. The molecular weight excluding hydrogens is 208 g/mol. The Hall–Kier alpha value is -0.860. The van der Waals surface area contributed by atoms with Gasteiger partial charge in [-0.15, -0.1) is 0 Å². The molecule has 1 aliphatic carbocycles. The van der Waals surface area contributed by atoms with E-state index < -0.39 is 0 Å². The monoisotopic (exact) mass is 232 g/mol. The molecule has 0 amide bonds. The predicted octanol–water partition coefficient (Wildman–Crippen LogP) is 2.95. The summed E-state index contributed by atoms with van der Waals surface area (Å²) in [5.41, 5.74) is 5.83. The van der Waals surface area contributed by atoms with Gasteiger partial charge in [0, 0.05) is 6.04 Å². The molecule has 1 atom stereocenters. The molecule has 1 saturated carbocycles. The molecule has 2 nitrogen and oxygen atoms in total. The minimum absolute atomic E-state index is 0.482. The van der Waals surface area contributed by atoms with E-state index in [-0.39, 0.29) is 0 Å². The Labute approximate surface area is 105 Å². The SMILES string of the molecule is Cc1ccccc1CCC(CCC1CC1)NN.